The van der Waals surface area contributed by atoms with E-state index in [1.807, 2.05) is 13.0 Å². The Morgan fingerprint density at radius 3 is 2.73 bits per heavy atom. The first kappa shape index (κ1) is 20.6. The summed E-state index contributed by atoms with van der Waals surface area (Å²) in [4.78, 5) is 13.4. The summed E-state index contributed by atoms with van der Waals surface area (Å²) in [5, 5.41) is 1.20. The summed E-state index contributed by atoms with van der Waals surface area (Å²) < 4.78 is 14.6. The van der Waals surface area contributed by atoms with Crippen molar-refractivity contribution in [2.24, 2.45) is 0 Å². The second kappa shape index (κ2) is 8.57. The zero-order chi connectivity index (χ0) is 21.3. The predicted molar refractivity (Wildman–Crippen MR) is 120 cm³/mol. The van der Waals surface area contributed by atoms with Crippen LogP contribution in [0.3, 0.4) is 0 Å². The number of aromatic amines is 1. The molecule has 156 valence electrons. The van der Waals surface area contributed by atoms with E-state index < -0.39 is 0 Å². The topological polar surface area (TPSA) is 36.3 Å². The minimum absolute atomic E-state index is 0.271. The molecule has 1 fully saturated rings. The Morgan fingerprint density at radius 1 is 1.27 bits per heavy atom. The molecular formula is C25H29FN4. The minimum Gasteiger partial charge on any atom is -0.354 e. The van der Waals surface area contributed by atoms with E-state index in [1.165, 1.54) is 22.7 Å². The molecule has 2 aromatic heterocycles. The zero-order valence-corrected chi connectivity index (χ0v) is 18.0. The minimum atomic E-state index is -0.291. The molecule has 5 heteroatoms. The summed E-state index contributed by atoms with van der Waals surface area (Å²) >= 11 is 0. The van der Waals surface area contributed by atoms with Crippen LogP contribution in [0.15, 0.2) is 30.5 Å². The second-order valence-electron chi connectivity index (χ2n) is 8.68. The number of pyridine rings is 1. The number of aryl methyl sites for hydroxylation is 1. The van der Waals surface area contributed by atoms with Crippen molar-refractivity contribution >= 4 is 10.9 Å². The second-order valence-corrected chi connectivity index (χ2v) is 8.68. The average Bonchev–Trinajstić information content (AvgIpc) is 3.13. The Morgan fingerprint density at radius 2 is 2.03 bits per heavy atom. The lowest BCUT2D eigenvalue weighted by molar-refractivity contribution is 0.221. The van der Waals surface area contributed by atoms with Crippen molar-refractivity contribution in [3.63, 3.8) is 0 Å². The molecule has 1 aliphatic heterocycles. The number of H-pyrrole nitrogens is 1. The maximum atomic E-state index is 14.6. The smallest absolute Gasteiger partial charge is 0.227 e. The van der Waals surface area contributed by atoms with Crippen LogP contribution in [0.2, 0.25) is 0 Å². The van der Waals surface area contributed by atoms with Gasteiger partial charge in [-0.2, -0.15) is 0 Å². The molecule has 1 N–H and O–H groups in total. The number of halogens is 1. The van der Waals surface area contributed by atoms with E-state index in [1.54, 1.807) is 0 Å². The lowest BCUT2D eigenvalue weighted by Crippen LogP contribution is -2.34. The van der Waals surface area contributed by atoms with Gasteiger partial charge in [-0.15, -0.1) is 0 Å². The summed E-state index contributed by atoms with van der Waals surface area (Å²) in [5.41, 5.74) is 5.87. The van der Waals surface area contributed by atoms with E-state index in [4.69, 9.17) is 6.57 Å². The molecule has 30 heavy (non-hydrogen) atoms. The molecule has 0 bridgehead atoms. The Labute approximate surface area is 178 Å². The maximum absolute atomic E-state index is 14.6. The molecular weight excluding hydrogens is 375 g/mol. The van der Waals surface area contributed by atoms with Gasteiger partial charge in [0.1, 0.15) is 0 Å². The highest BCUT2D eigenvalue weighted by Gasteiger charge is 2.23. The van der Waals surface area contributed by atoms with E-state index in [0.29, 0.717) is 18.0 Å². The van der Waals surface area contributed by atoms with Crippen LogP contribution in [0.5, 0.6) is 0 Å². The molecule has 0 spiro atoms. The molecule has 0 aliphatic carbocycles. The van der Waals surface area contributed by atoms with E-state index >= 15 is 0 Å². The quantitative estimate of drug-likeness (QED) is 0.538. The van der Waals surface area contributed by atoms with E-state index in [-0.39, 0.29) is 11.7 Å². The summed E-state index contributed by atoms with van der Waals surface area (Å²) in [7, 11) is 0. The molecule has 4 rings (SSSR count). The van der Waals surface area contributed by atoms with E-state index in [0.717, 1.165) is 49.4 Å². The third-order valence-electron chi connectivity index (χ3n) is 6.29. The number of nitrogens with one attached hydrogen (secondary N) is 1. The molecule has 0 radical (unpaired) electrons. The van der Waals surface area contributed by atoms with Crippen molar-refractivity contribution in [3.8, 4) is 11.3 Å². The standard InChI is InChI=1S/C25H29FN4/c1-16(2)24-21-14-19(18-7-10-30(11-8-18)12-9-27-4)5-6-23(21)29-25(24)20-13-17(3)28-15-22(20)26/h5-6,13-16,18,29H,7-12H2,1-3H3. The van der Waals surface area contributed by atoms with Gasteiger partial charge in [-0.1, -0.05) is 19.9 Å². The van der Waals surface area contributed by atoms with Crippen molar-refractivity contribution in [1.29, 1.82) is 0 Å². The van der Waals surface area contributed by atoms with Crippen LogP contribution in [0.1, 0.15) is 55.3 Å². The van der Waals surface area contributed by atoms with Crippen LogP contribution in [-0.4, -0.2) is 41.0 Å². The van der Waals surface area contributed by atoms with Crippen LogP contribution in [0, 0.1) is 19.3 Å². The van der Waals surface area contributed by atoms with Crippen molar-refractivity contribution in [2.75, 3.05) is 26.2 Å². The van der Waals surface area contributed by atoms with Crippen LogP contribution >= 0.6 is 0 Å². The van der Waals surface area contributed by atoms with Gasteiger partial charge in [-0.05, 0) is 74.0 Å². The lowest BCUT2D eigenvalue weighted by atomic mass is 9.87. The maximum Gasteiger partial charge on any atom is 0.227 e. The number of fused-ring (bicyclic) bond motifs is 1. The van der Waals surface area contributed by atoms with Gasteiger partial charge in [0.15, 0.2) is 5.82 Å². The van der Waals surface area contributed by atoms with Crippen LogP contribution in [0.25, 0.3) is 27.0 Å². The number of rotatable bonds is 5. The van der Waals surface area contributed by atoms with E-state index in [9.17, 15) is 4.39 Å². The fourth-order valence-electron chi connectivity index (χ4n) is 4.71. The van der Waals surface area contributed by atoms with Gasteiger partial charge in [-0.25, -0.2) is 11.0 Å². The molecule has 0 atom stereocenters. The fraction of sp³-hybridized carbons (Fsp3) is 0.440. The highest BCUT2D eigenvalue weighted by atomic mass is 19.1. The average molecular weight is 405 g/mol. The highest BCUT2D eigenvalue weighted by molar-refractivity contribution is 5.92. The van der Waals surface area contributed by atoms with Crippen molar-refractivity contribution < 1.29 is 4.39 Å². The predicted octanol–water partition coefficient (Wildman–Crippen LogP) is 5.90. The summed E-state index contributed by atoms with van der Waals surface area (Å²) in [6.07, 6.45) is 3.56. The number of aromatic nitrogens is 2. The Bertz CT molecular complexity index is 1080. The first-order chi connectivity index (χ1) is 14.5. The Kier molecular flexibility index (Phi) is 5.87. The number of benzene rings is 1. The molecule has 1 saturated heterocycles. The van der Waals surface area contributed by atoms with Crippen LogP contribution < -0.4 is 0 Å². The largest absolute Gasteiger partial charge is 0.354 e. The monoisotopic (exact) mass is 404 g/mol. The lowest BCUT2D eigenvalue weighted by Gasteiger charge is -2.31. The molecule has 3 heterocycles. The SMILES string of the molecule is [C-]#[N+]CCN1CCC(c2ccc3[nH]c(-c4cc(C)ncc4F)c(C(C)C)c3c2)CC1. The Hall–Kier alpha value is -2.71. The molecule has 0 saturated carbocycles. The molecule has 1 aromatic carbocycles. The van der Waals surface area contributed by atoms with Crippen LogP contribution in [-0.2, 0) is 0 Å². The third kappa shape index (κ3) is 3.97. The zero-order valence-electron chi connectivity index (χ0n) is 18.0. The van der Waals surface area contributed by atoms with Crippen LogP contribution in [0.4, 0.5) is 4.39 Å². The summed E-state index contributed by atoms with van der Waals surface area (Å²) in [5.74, 6) is 0.519. The highest BCUT2D eigenvalue weighted by Crippen LogP contribution is 2.39. The number of likely N-dealkylation sites (tertiary alicyclic amines) is 1. The van der Waals surface area contributed by atoms with Crippen molar-refractivity contribution in [2.45, 2.75) is 45.4 Å². The van der Waals surface area contributed by atoms with Gasteiger partial charge in [0.25, 0.3) is 0 Å². The van der Waals surface area contributed by atoms with E-state index in [2.05, 4.69) is 51.8 Å². The first-order valence-corrected chi connectivity index (χ1v) is 10.8. The summed E-state index contributed by atoms with van der Waals surface area (Å²) in [6.45, 7) is 16.8. The van der Waals surface area contributed by atoms with Gasteiger partial charge in [0.2, 0.25) is 6.54 Å². The molecule has 3 aromatic rings. The molecule has 4 nitrogen and oxygen atoms in total. The molecule has 1 aliphatic rings. The number of hydrogen-bond acceptors (Lipinski definition) is 2. The van der Waals surface area contributed by atoms with Gasteiger partial charge >= 0.3 is 0 Å². The third-order valence-corrected chi connectivity index (χ3v) is 6.29. The first-order valence-electron chi connectivity index (χ1n) is 10.8. The molecule has 0 amide bonds. The molecule has 0 unspecified atom stereocenters. The number of hydrogen-bond donors (Lipinski definition) is 1. The Balaban J connectivity index is 1.69. The number of nitrogens with zero attached hydrogens (tertiary/aromatic N) is 3. The summed E-state index contributed by atoms with van der Waals surface area (Å²) in [6, 6.07) is 8.51. The normalized spacial score (nSPS) is 15.7. The van der Waals surface area contributed by atoms with Crippen molar-refractivity contribution in [1.82, 2.24) is 14.9 Å². The van der Waals surface area contributed by atoms with Gasteiger partial charge in [0, 0.05) is 22.2 Å². The van der Waals surface area contributed by atoms with Crippen molar-refractivity contribution in [3.05, 3.63) is 64.5 Å². The van der Waals surface area contributed by atoms with Gasteiger partial charge < -0.3 is 9.83 Å². The fourth-order valence-corrected chi connectivity index (χ4v) is 4.71. The number of piperidine rings is 1. The van der Waals surface area contributed by atoms with Gasteiger partial charge in [-0.3, -0.25) is 9.88 Å². The van der Waals surface area contributed by atoms with Gasteiger partial charge in [0.05, 0.1) is 18.4 Å².